The van der Waals surface area contributed by atoms with Gasteiger partial charge in [-0.2, -0.15) is 9.61 Å². The minimum atomic E-state index is -0.548. The molecule has 3 aromatic rings. The van der Waals surface area contributed by atoms with Gasteiger partial charge in [0.2, 0.25) is 0 Å². The number of hydrogen-bond donors (Lipinski definition) is 3. The highest BCUT2D eigenvalue weighted by Crippen LogP contribution is 2.35. The van der Waals surface area contributed by atoms with Gasteiger partial charge in [-0.25, -0.2) is 9.37 Å². The molecule has 39 heavy (non-hydrogen) atoms. The van der Waals surface area contributed by atoms with Crippen LogP contribution in [-0.2, 0) is 4.79 Å². The fourth-order valence-electron chi connectivity index (χ4n) is 5.21. The number of rotatable bonds is 3. The Labute approximate surface area is 225 Å². The zero-order chi connectivity index (χ0) is 27.1. The van der Waals surface area contributed by atoms with Crippen molar-refractivity contribution in [1.29, 1.82) is 0 Å². The number of nitrogens with one attached hydrogen (secondary N) is 2. The van der Waals surface area contributed by atoms with Crippen LogP contribution in [0.4, 0.5) is 16.0 Å². The fraction of sp³-hybridized carbons (Fsp3) is 0.481. The van der Waals surface area contributed by atoms with E-state index in [4.69, 9.17) is 20.6 Å². The number of carbonyl (C=O) groups excluding carboxylic acids is 2. The average Bonchev–Trinajstić information content (AvgIpc) is 3.52. The van der Waals surface area contributed by atoms with Gasteiger partial charge in [0.1, 0.15) is 23.2 Å². The second-order valence-corrected chi connectivity index (χ2v) is 10.8. The number of nitrogens with zero attached hydrogens (tertiary/aromatic N) is 5. The summed E-state index contributed by atoms with van der Waals surface area (Å²) in [5, 5.41) is 11.1. The van der Waals surface area contributed by atoms with Crippen LogP contribution in [0.5, 0.6) is 5.75 Å². The molecule has 206 valence electrons. The van der Waals surface area contributed by atoms with Crippen molar-refractivity contribution in [2.45, 2.75) is 43.7 Å². The summed E-state index contributed by atoms with van der Waals surface area (Å²) in [5.41, 5.74) is 7.55. The third-order valence-electron chi connectivity index (χ3n) is 7.74. The Hall–Kier alpha value is -3.93. The van der Waals surface area contributed by atoms with Crippen molar-refractivity contribution in [3.05, 3.63) is 47.4 Å². The molecule has 0 spiro atoms. The first kappa shape index (κ1) is 25.4. The Morgan fingerprint density at radius 2 is 2.05 bits per heavy atom. The van der Waals surface area contributed by atoms with Crippen molar-refractivity contribution in [3.8, 4) is 5.75 Å². The van der Waals surface area contributed by atoms with Crippen LogP contribution in [0.2, 0.25) is 0 Å². The van der Waals surface area contributed by atoms with E-state index in [2.05, 4.69) is 10.6 Å². The number of halogens is 1. The third kappa shape index (κ3) is 5.20. The molecule has 2 amide bonds. The van der Waals surface area contributed by atoms with Crippen molar-refractivity contribution in [1.82, 2.24) is 24.8 Å². The summed E-state index contributed by atoms with van der Waals surface area (Å²) in [6.07, 6.45) is 4.43. The van der Waals surface area contributed by atoms with Gasteiger partial charge in [0, 0.05) is 50.9 Å². The molecule has 2 aliphatic heterocycles. The number of hydrogen-bond acceptors (Lipinski definition) is 8. The maximum absolute atomic E-state index is 14.3. The highest BCUT2D eigenvalue weighted by molar-refractivity contribution is 5.97. The predicted molar refractivity (Wildman–Crippen MR) is 143 cm³/mol. The summed E-state index contributed by atoms with van der Waals surface area (Å²) in [4.78, 5) is 34.9. The molecular formula is C27H33FN8O3. The van der Waals surface area contributed by atoms with Gasteiger partial charge in [-0.3, -0.25) is 9.59 Å². The highest BCUT2D eigenvalue weighted by atomic mass is 19.1. The Morgan fingerprint density at radius 1 is 1.21 bits per heavy atom. The Kier molecular flexibility index (Phi) is 6.49. The predicted octanol–water partition coefficient (Wildman–Crippen LogP) is 2.08. The van der Waals surface area contributed by atoms with Crippen molar-refractivity contribution < 1.29 is 18.7 Å². The molecule has 4 heterocycles. The largest absolute Gasteiger partial charge is 0.483 e. The number of anilines is 2. The molecular weight excluding hydrogens is 503 g/mol. The number of fused-ring (bicyclic) bond motifs is 4. The van der Waals surface area contributed by atoms with E-state index < -0.39 is 5.82 Å². The van der Waals surface area contributed by atoms with E-state index >= 15 is 0 Å². The SMILES string of the molecule is CN1CCNC(=O)COc2ccc(F)cc2C(=O)N2CCCCC2c2cc3nc(NCC4(N)CC4)cc1n3n2. The number of ether oxygens (including phenoxy) is 1. The van der Waals surface area contributed by atoms with Gasteiger partial charge in [0.25, 0.3) is 11.8 Å². The topological polar surface area (TPSA) is 130 Å². The van der Waals surface area contributed by atoms with Gasteiger partial charge in [0.15, 0.2) is 12.3 Å². The molecule has 0 radical (unpaired) electrons. The summed E-state index contributed by atoms with van der Waals surface area (Å²) < 4.78 is 21.7. The second-order valence-electron chi connectivity index (χ2n) is 10.8. The minimum absolute atomic E-state index is 0.0892. The van der Waals surface area contributed by atoms with Gasteiger partial charge < -0.3 is 30.9 Å². The monoisotopic (exact) mass is 536 g/mol. The standard InChI is InChI=1S/C27H33FN8O3/c1-34-11-9-30-24(37)15-39-21-6-5-17(28)12-18(21)26(38)35-10-3-2-4-20(35)19-13-23-32-22(14-25(34)36(23)33-19)31-16-27(29)7-8-27/h5-6,12-14,20H,2-4,7-11,15-16,29H2,1H3,(H,30,37)(H,31,32). The summed E-state index contributed by atoms with van der Waals surface area (Å²) in [6.45, 7) is 1.71. The summed E-state index contributed by atoms with van der Waals surface area (Å²) in [5.74, 6) is 0.402. The van der Waals surface area contributed by atoms with E-state index in [1.54, 1.807) is 9.42 Å². The van der Waals surface area contributed by atoms with Crippen LogP contribution in [0.15, 0.2) is 30.3 Å². The normalized spacial score (nSPS) is 21.3. The Bertz CT molecular complexity index is 1420. The lowest BCUT2D eigenvalue weighted by Gasteiger charge is -2.35. The zero-order valence-corrected chi connectivity index (χ0v) is 22.0. The molecule has 1 atom stereocenters. The Morgan fingerprint density at radius 3 is 2.87 bits per heavy atom. The third-order valence-corrected chi connectivity index (χ3v) is 7.74. The molecule has 1 aliphatic carbocycles. The summed E-state index contributed by atoms with van der Waals surface area (Å²) in [7, 11) is 1.93. The zero-order valence-electron chi connectivity index (χ0n) is 22.0. The number of aromatic nitrogens is 3. The first-order valence-electron chi connectivity index (χ1n) is 13.4. The summed E-state index contributed by atoms with van der Waals surface area (Å²) >= 11 is 0. The summed E-state index contributed by atoms with van der Waals surface area (Å²) in [6, 6.07) is 7.32. The number of benzene rings is 1. The van der Waals surface area contributed by atoms with Crippen molar-refractivity contribution in [3.63, 3.8) is 0 Å². The first-order valence-corrected chi connectivity index (χ1v) is 13.4. The van der Waals surface area contributed by atoms with E-state index in [1.165, 1.54) is 18.2 Å². The lowest BCUT2D eigenvalue weighted by atomic mass is 9.98. The van der Waals surface area contributed by atoms with E-state index in [-0.39, 0.29) is 41.3 Å². The van der Waals surface area contributed by atoms with Crippen molar-refractivity contribution in [2.24, 2.45) is 5.73 Å². The van der Waals surface area contributed by atoms with Gasteiger partial charge in [0.05, 0.1) is 17.3 Å². The van der Waals surface area contributed by atoms with Gasteiger partial charge in [-0.15, -0.1) is 0 Å². The number of amides is 2. The molecule has 3 aliphatic rings. The first-order chi connectivity index (χ1) is 18.8. The van der Waals surface area contributed by atoms with Crippen LogP contribution in [0.3, 0.4) is 0 Å². The number of likely N-dealkylation sites (N-methyl/N-ethyl adjacent to an activating group) is 1. The van der Waals surface area contributed by atoms with E-state index in [0.717, 1.165) is 43.6 Å². The molecule has 1 saturated carbocycles. The molecule has 1 saturated heterocycles. The molecule has 6 rings (SSSR count). The molecule has 2 fully saturated rings. The van der Waals surface area contributed by atoms with Crippen molar-refractivity contribution in [2.75, 3.05) is 50.1 Å². The lowest BCUT2D eigenvalue weighted by molar-refractivity contribution is -0.123. The van der Waals surface area contributed by atoms with Gasteiger partial charge in [-0.1, -0.05) is 0 Å². The van der Waals surface area contributed by atoms with Crippen LogP contribution in [-0.4, -0.2) is 76.7 Å². The molecule has 2 aromatic heterocycles. The smallest absolute Gasteiger partial charge is 0.258 e. The minimum Gasteiger partial charge on any atom is -0.483 e. The maximum atomic E-state index is 14.3. The van der Waals surface area contributed by atoms with Crippen molar-refractivity contribution >= 4 is 29.1 Å². The van der Waals surface area contributed by atoms with Crippen LogP contribution < -0.4 is 26.0 Å². The van der Waals surface area contributed by atoms with Gasteiger partial charge in [-0.05, 0) is 50.3 Å². The fourth-order valence-corrected chi connectivity index (χ4v) is 5.21. The van der Waals surface area contributed by atoms with E-state index in [0.29, 0.717) is 37.6 Å². The van der Waals surface area contributed by atoms with Crippen LogP contribution >= 0.6 is 0 Å². The molecule has 1 aromatic carbocycles. The number of piperidine rings is 1. The number of nitrogens with two attached hydrogens (primary N) is 1. The van der Waals surface area contributed by atoms with E-state index in [9.17, 15) is 14.0 Å². The lowest BCUT2D eigenvalue weighted by Crippen LogP contribution is -2.39. The van der Waals surface area contributed by atoms with Crippen LogP contribution in [0.25, 0.3) is 5.65 Å². The number of carbonyl (C=O) groups is 2. The molecule has 4 N–H and O–H groups in total. The second kappa shape index (κ2) is 9.99. The van der Waals surface area contributed by atoms with E-state index in [1.807, 2.05) is 24.1 Å². The molecule has 12 heteroatoms. The van der Waals surface area contributed by atoms with Crippen LogP contribution in [0, 0.1) is 5.82 Å². The van der Waals surface area contributed by atoms with Gasteiger partial charge >= 0.3 is 0 Å². The molecule has 2 bridgehead atoms. The average molecular weight is 537 g/mol. The quantitative estimate of drug-likeness (QED) is 0.464. The maximum Gasteiger partial charge on any atom is 0.258 e. The van der Waals surface area contributed by atoms with Crippen LogP contribution in [0.1, 0.15) is 54.2 Å². The highest BCUT2D eigenvalue weighted by Gasteiger charge is 2.38. The molecule has 1 unspecified atom stereocenters. The Balaban J connectivity index is 1.43. The molecule has 11 nitrogen and oxygen atoms in total.